The van der Waals surface area contributed by atoms with Crippen LogP contribution in [0.15, 0.2) is 170 Å². The summed E-state index contributed by atoms with van der Waals surface area (Å²) < 4.78 is 20.8. The van der Waals surface area contributed by atoms with E-state index in [9.17, 15) is 1.37 Å². The molecule has 0 saturated carbocycles. The van der Waals surface area contributed by atoms with E-state index < -0.39 is 0 Å². The van der Waals surface area contributed by atoms with Gasteiger partial charge in [-0.1, -0.05) is 140 Å². The van der Waals surface area contributed by atoms with Gasteiger partial charge in [0.1, 0.15) is 0 Å². The van der Waals surface area contributed by atoms with Gasteiger partial charge in [-0.25, -0.2) is 20.0 Å². The molecule has 8 aromatic carbocycles. The molecule has 1 aliphatic rings. The van der Waals surface area contributed by atoms with E-state index in [0.29, 0.717) is 18.0 Å². The Kier molecular flexibility index (Phi) is 5.66. The molecule has 5 heteroatoms. The summed E-state index contributed by atoms with van der Waals surface area (Å²) in [4.78, 5) is 10.8. The average molecular weight is 671 g/mol. The van der Waals surface area contributed by atoms with Crippen molar-refractivity contribution in [3.05, 3.63) is 170 Å². The van der Waals surface area contributed by atoms with E-state index in [2.05, 4.69) is 88.9 Å². The molecule has 0 spiro atoms. The highest BCUT2D eigenvalue weighted by molar-refractivity contribution is 7.26. The van der Waals surface area contributed by atoms with Gasteiger partial charge in [-0.05, 0) is 51.8 Å². The van der Waals surface area contributed by atoms with Crippen molar-refractivity contribution in [2.24, 2.45) is 0 Å². The van der Waals surface area contributed by atoms with Crippen molar-refractivity contribution >= 4 is 87.0 Å². The van der Waals surface area contributed by atoms with Gasteiger partial charge in [0.25, 0.3) is 5.95 Å². The molecular formula is C46H28N4S. The van der Waals surface area contributed by atoms with Gasteiger partial charge in [0.05, 0.1) is 35.7 Å². The van der Waals surface area contributed by atoms with E-state index in [1.54, 1.807) is 11.3 Å². The summed E-state index contributed by atoms with van der Waals surface area (Å²) in [5, 5.41) is 11.7. The number of hydrazine groups is 1. The molecule has 51 heavy (non-hydrogen) atoms. The first kappa shape index (κ1) is 26.3. The summed E-state index contributed by atoms with van der Waals surface area (Å²) in [6, 6.07) is 54.5. The minimum absolute atomic E-state index is 0.399. The van der Waals surface area contributed by atoms with Crippen molar-refractivity contribution in [3.8, 4) is 22.4 Å². The van der Waals surface area contributed by atoms with Gasteiger partial charge in [-0.2, -0.15) is 0 Å². The number of aromatic nitrogens is 2. The fourth-order valence-corrected chi connectivity index (χ4v) is 9.04. The zero-order chi connectivity index (χ0) is 35.2. The lowest BCUT2D eigenvalue weighted by Gasteiger charge is -2.43. The Labute approximate surface area is 300 Å². The molecule has 0 saturated heterocycles. The zero-order valence-electron chi connectivity index (χ0n) is 29.2. The predicted molar refractivity (Wildman–Crippen MR) is 215 cm³/mol. The highest BCUT2D eigenvalue weighted by Gasteiger charge is 2.38. The third-order valence-corrected chi connectivity index (χ3v) is 11.1. The fraction of sp³-hybridized carbons (Fsp3) is 0. The Balaban J connectivity index is 1.40. The number of nitrogens with zero attached hydrogens (tertiary/aromatic N) is 4. The normalized spacial score (nSPS) is 13.2. The first-order valence-corrected chi connectivity index (χ1v) is 17.8. The second-order valence-electron chi connectivity index (χ2n) is 12.8. The van der Waals surface area contributed by atoms with E-state index in [1.807, 2.05) is 78.9 Å². The lowest BCUT2D eigenvalue weighted by Crippen LogP contribution is -2.40. The molecule has 0 bridgehead atoms. The minimum atomic E-state index is 0.399. The molecule has 11 rings (SSSR count). The largest absolute Gasteiger partial charge is 0.251 e. The molecule has 3 heterocycles. The topological polar surface area (TPSA) is 32.3 Å². The first-order valence-electron chi connectivity index (χ1n) is 18.0. The molecule has 0 amide bonds. The van der Waals surface area contributed by atoms with Gasteiger partial charge in [-0.3, -0.25) is 0 Å². The smallest absolute Gasteiger partial charge is 0.246 e. The second-order valence-corrected chi connectivity index (χ2v) is 13.8. The second kappa shape index (κ2) is 11.0. The lowest BCUT2D eigenvalue weighted by molar-refractivity contribution is 0.933. The van der Waals surface area contributed by atoms with Crippen molar-refractivity contribution in [3.63, 3.8) is 0 Å². The van der Waals surface area contributed by atoms with Crippen molar-refractivity contribution < 1.29 is 2.74 Å². The number of hydrogen-bond acceptors (Lipinski definition) is 5. The molecule has 0 aliphatic carbocycles. The van der Waals surface area contributed by atoms with Crippen LogP contribution in [0, 0.1) is 0 Å². The Morgan fingerprint density at radius 1 is 0.510 bits per heavy atom. The Hall–Kier alpha value is -6.56. The van der Waals surface area contributed by atoms with Crippen LogP contribution in [-0.4, -0.2) is 9.97 Å². The molecule has 238 valence electrons. The molecule has 2 aromatic heterocycles. The fourth-order valence-electron chi connectivity index (χ4n) is 7.82. The van der Waals surface area contributed by atoms with Crippen LogP contribution in [0.2, 0.25) is 0 Å². The summed E-state index contributed by atoms with van der Waals surface area (Å²) in [7, 11) is 0. The van der Waals surface area contributed by atoms with Crippen LogP contribution < -0.4 is 10.0 Å². The lowest BCUT2D eigenvalue weighted by atomic mass is 9.87. The number of para-hydroxylation sites is 2. The van der Waals surface area contributed by atoms with Crippen LogP contribution in [0.25, 0.3) is 75.0 Å². The highest BCUT2D eigenvalue weighted by Crippen LogP contribution is 2.58. The van der Waals surface area contributed by atoms with Gasteiger partial charge in [0.15, 0.2) is 0 Å². The minimum Gasteiger partial charge on any atom is -0.246 e. The highest BCUT2D eigenvalue weighted by atomic mass is 32.1. The van der Waals surface area contributed by atoms with Gasteiger partial charge >= 0.3 is 0 Å². The molecule has 0 radical (unpaired) electrons. The molecule has 0 unspecified atom stereocenters. The number of hydrogen-bond donors (Lipinski definition) is 0. The summed E-state index contributed by atoms with van der Waals surface area (Å²) >= 11 is 1.64. The SMILES string of the molecule is [2H]c1cc2ccccc2c2c1N(c1ccccc1)N(c1nc(-c3ccccc3)c3ccccc3n1)c1c-2c2ccccc2c2c1sc1c([2H])cccc12. The van der Waals surface area contributed by atoms with Crippen LogP contribution >= 0.6 is 11.3 Å². The average Bonchev–Trinajstić information content (AvgIpc) is 3.62. The van der Waals surface area contributed by atoms with Crippen molar-refractivity contribution in [2.45, 2.75) is 0 Å². The number of rotatable bonds is 3. The number of fused-ring (bicyclic) bond motifs is 13. The molecule has 1 aliphatic heterocycles. The van der Waals surface area contributed by atoms with E-state index in [1.165, 1.54) is 0 Å². The maximum Gasteiger partial charge on any atom is 0.251 e. The van der Waals surface area contributed by atoms with E-state index in [0.717, 1.165) is 92.1 Å². The summed E-state index contributed by atoms with van der Waals surface area (Å²) in [5.74, 6) is 0.492. The quantitative estimate of drug-likeness (QED) is 0.187. The van der Waals surface area contributed by atoms with Gasteiger partial charge in [-0.15, -0.1) is 11.3 Å². The maximum atomic E-state index is 9.77. The zero-order valence-corrected chi connectivity index (χ0v) is 28.0. The van der Waals surface area contributed by atoms with Gasteiger partial charge in [0.2, 0.25) is 0 Å². The number of thiophene rings is 1. The first-order chi connectivity index (χ1) is 26.2. The van der Waals surface area contributed by atoms with Gasteiger partial charge < -0.3 is 0 Å². The molecule has 10 aromatic rings. The van der Waals surface area contributed by atoms with Crippen LogP contribution in [-0.2, 0) is 0 Å². The van der Waals surface area contributed by atoms with Gasteiger partial charge in [0, 0.05) is 37.5 Å². The molecule has 0 atom stereocenters. The molecular weight excluding hydrogens is 641 g/mol. The molecule has 4 nitrogen and oxygen atoms in total. The Morgan fingerprint density at radius 2 is 1.18 bits per heavy atom. The van der Waals surface area contributed by atoms with E-state index in [4.69, 9.17) is 11.3 Å². The third-order valence-electron chi connectivity index (χ3n) is 9.97. The summed E-state index contributed by atoms with van der Waals surface area (Å²) in [6.45, 7) is 0. The Bertz CT molecular complexity index is 3110. The Morgan fingerprint density at radius 3 is 2.02 bits per heavy atom. The molecule has 0 N–H and O–H groups in total. The van der Waals surface area contributed by atoms with E-state index >= 15 is 0 Å². The van der Waals surface area contributed by atoms with Crippen molar-refractivity contribution in [1.82, 2.24) is 9.97 Å². The standard InChI is InChI=1S/C46H28N4S/c1-3-16-30(17-4-1)43-35-23-11-13-25-37(35)47-46(48-43)50-44-42(34-22-10-9-21-33(34)40-36-24-12-14-26-39(36)51-45(40)44)41-32-20-8-7-15-29(32)27-28-38(41)49(50)31-18-5-2-6-19-31/h1-28H/i26D,28D. The van der Waals surface area contributed by atoms with Crippen molar-refractivity contribution in [2.75, 3.05) is 10.0 Å². The monoisotopic (exact) mass is 670 g/mol. The molecule has 0 fully saturated rings. The van der Waals surface area contributed by atoms with Crippen LogP contribution in [0.5, 0.6) is 0 Å². The van der Waals surface area contributed by atoms with Crippen LogP contribution in [0.3, 0.4) is 0 Å². The number of anilines is 4. The summed E-state index contributed by atoms with van der Waals surface area (Å²) in [5.41, 5.74) is 7.23. The number of benzene rings is 8. The maximum absolute atomic E-state index is 9.77. The van der Waals surface area contributed by atoms with Crippen molar-refractivity contribution in [1.29, 1.82) is 0 Å². The summed E-state index contributed by atoms with van der Waals surface area (Å²) in [6.07, 6.45) is 0. The van der Waals surface area contributed by atoms with Crippen LogP contribution in [0.4, 0.5) is 23.0 Å². The predicted octanol–water partition coefficient (Wildman–Crippen LogP) is 12.8. The van der Waals surface area contributed by atoms with E-state index in [-0.39, 0.29) is 0 Å². The third kappa shape index (κ3) is 4.13. The van der Waals surface area contributed by atoms with Crippen LogP contribution in [0.1, 0.15) is 2.74 Å².